The number of thiophene rings is 1. The van der Waals surface area contributed by atoms with E-state index in [2.05, 4.69) is 13.5 Å². The maximum absolute atomic E-state index is 12.7. The molecule has 0 fully saturated rings. The highest BCUT2D eigenvalue weighted by atomic mass is 32.2. The van der Waals surface area contributed by atoms with Crippen molar-refractivity contribution in [1.29, 1.82) is 0 Å². The molecule has 2 heterocycles. The molecule has 0 saturated heterocycles. The molecule has 3 rings (SSSR count). The van der Waals surface area contributed by atoms with Gasteiger partial charge in [-0.1, -0.05) is 24.8 Å². The first-order valence-corrected chi connectivity index (χ1v) is 8.85. The van der Waals surface area contributed by atoms with E-state index >= 15 is 0 Å². The third-order valence-electron chi connectivity index (χ3n) is 3.61. The molecule has 106 valence electrons. The lowest BCUT2D eigenvalue weighted by Gasteiger charge is -2.11. The minimum atomic E-state index is 0.102. The van der Waals surface area contributed by atoms with Gasteiger partial charge in [-0.2, -0.15) is 0 Å². The second-order valence-electron chi connectivity index (χ2n) is 4.92. The van der Waals surface area contributed by atoms with Gasteiger partial charge in [0.25, 0.3) is 5.56 Å². The molecule has 0 spiro atoms. The van der Waals surface area contributed by atoms with E-state index in [9.17, 15) is 4.79 Å². The monoisotopic (exact) mass is 306 g/mol. The van der Waals surface area contributed by atoms with Crippen LogP contribution in [0.25, 0.3) is 10.2 Å². The lowest BCUT2D eigenvalue weighted by atomic mass is 9.98. The van der Waals surface area contributed by atoms with Crippen molar-refractivity contribution in [2.75, 3.05) is 5.75 Å². The van der Waals surface area contributed by atoms with Gasteiger partial charge in [0.05, 0.1) is 5.52 Å². The quantitative estimate of drug-likeness (QED) is 0.491. The van der Waals surface area contributed by atoms with Crippen LogP contribution in [0.1, 0.15) is 30.2 Å². The van der Waals surface area contributed by atoms with E-state index < -0.39 is 0 Å². The van der Waals surface area contributed by atoms with Crippen molar-refractivity contribution >= 4 is 33.3 Å². The summed E-state index contributed by atoms with van der Waals surface area (Å²) in [6.07, 6.45) is 6.39. The van der Waals surface area contributed by atoms with E-state index in [0.29, 0.717) is 6.54 Å². The summed E-state index contributed by atoms with van der Waals surface area (Å²) in [5, 5.41) is 0.830. The maximum atomic E-state index is 12.7. The van der Waals surface area contributed by atoms with Crippen LogP contribution in [0.4, 0.5) is 0 Å². The number of thioether (sulfide) groups is 1. The van der Waals surface area contributed by atoms with E-state index in [1.54, 1.807) is 33.7 Å². The molecule has 0 unspecified atom stereocenters. The van der Waals surface area contributed by atoms with E-state index in [0.717, 1.165) is 34.0 Å². The molecule has 0 atom stereocenters. The van der Waals surface area contributed by atoms with Gasteiger partial charge < -0.3 is 0 Å². The normalized spacial score (nSPS) is 14.4. The molecule has 3 nitrogen and oxygen atoms in total. The number of fused-ring (bicyclic) bond motifs is 3. The summed E-state index contributed by atoms with van der Waals surface area (Å²) in [5.41, 5.74) is 2.40. The standard InChI is InChI=1S/C15H18N2OS2/c1-3-9-17-14(18)13-12(16-15(17)19-4-2)10-7-5-6-8-11(10)20-13/h3H,1,4-9H2,2H3. The van der Waals surface area contributed by atoms with Crippen molar-refractivity contribution in [3.63, 3.8) is 0 Å². The second kappa shape index (κ2) is 5.74. The Bertz CT molecular complexity index is 715. The average Bonchev–Trinajstić information content (AvgIpc) is 2.83. The van der Waals surface area contributed by atoms with E-state index in [-0.39, 0.29) is 5.56 Å². The Morgan fingerprint density at radius 3 is 3.00 bits per heavy atom. The molecular weight excluding hydrogens is 288 g/mol. The first-order valence-electron chi connectivity index (χ1n) is 7.05. The third kappa shape index (κ3) is 2.23. The molecule has 0 aliphatic heterocycles. The van der Waals surface area contributed by atoms with Gasteiger partial charge in [-0.25, -0.2) is 4.98 Å². The fraction of sp³-hybridized carbons (Fsp3) is 0.467. The molecule has 0 saturated carbocycles. The van der Waals surface area contributed by atoms with Crippen LogP contribution in [0.2, 0.25) is 0 Å². The zero-order chi connectivity index (χ0) is 14.1. The molecule has 2 aromatic heterocycles. The van der Waals surface area contributed by atoms with Gasteiger partial charge in [-0.3, -0.25) is 9.36 Å². The summed E-state index contributed by atoms with van der Waals surface area (Å²) in [4.78, 5) is 18.9. The molecule has 1 aliphatic carbocycles. The van der Waals surface area contributed by atoms with Crippen molar-refractivity contribution in [1.82, 2.24) is 9.55 Å². The summed E-state index contributed by atoms with van der Waals surface area (Å²) in [6, 6.07) is 0. The van der Waals surface area contributed by atoms with Gasteiger partial charge in [0.15, 0.2) is 5.16 Å². The molecule has 0 bridgehead atoms. The largest absolute Gasteiger partial charge is 0.283 e. The van der Waals surface area contributed by atoms with E-state index in [1.165, 1.54) is 23.3 Å². The first kappa shape index (κ1) is 13.9. The van der Waals surface area contributed by atoms with Gasteiger partial charge in [-0.05, 0) is 37.0 Å². The number of aryl methyl sites for hydroxylation is 2. The summed E-state index contributed by atoms with van der Waals surface area (Å²) < 4.78 is 2.59. The first-order chi connectivity index (χ1) is 9.76. The number of hydrogen-bond acceptors (Lipinski definition) is 4. The van der Waals surface area contributed by atoms with Gasteiger partial charge in [-0.15, -0.1) is 17.9 Å². The Kier molecular flexibility index (Phi) is 3.98. The molecular formula is C15H18N2OS2. The number of allylic oxidation sites excluding steroid dienone is 1. The number of aromatic nitrogens is 2. The summed E-state index contributed by atoms with van der Waals surface area (Å²) in [7, 11) is 0. The lowest BCUT2D eigenvalue weighted by Crippen LogP contribution is -2.22. The fourth-order valence-electron chi connectivity index (χ4n) is 2.71. The minimum absolute atomic E-state index is 0.102. The van der Waals surface area contributed by atoms with Crippen LogP contribution < -0.4 is 5.56 Å². The predicted molar refractivity (Wildman–Crippen MR) is 87.1 cm³/mol. The molecule has 0 amide bonds. The zero-order valence-corrected chi connectivity index (χ0v) is 13.3. The van der Waals surface area contributed by atoms with Crippen molar-refractivity contribution in [3.8, 4) is 0 Å². The number of hydrogen-bond donors (Lipinski definition) is 0. The van der Waals surface area contributed by atoms with Crippen molar-refractivity contribution in [3.05, 3.63) is 33.4 Å². The molecule has 1 aliphatic rings. The Morgan fingerprint density at radius 2 is 2.25 bits per heavy atom. The smallest absolute Gasteiger partial charge is 0.272 e. The van der Waals surface area contributed by atoms with Gasteiger partial charge in [0, 0.05) is 11.4 Å². The Hall–Kier alpha value is -1.07. The van der Waals surface area contributed by atoms with Crippen molar-refractivity contribution < 1.29 is 0 Å². The van der Waals surface area contributed by atoms with Gasteiger partial charge >= 0.3 is 0 Å². The molecule has 0 radical (unpaired) electrons. The van der Waals surface area contributed by atoms with Crippen LogP contribution in [-0.4, -0.2) is 15.3 Å². The molecule has 0 aromatic carbocycles. The molecule has 5 heteroatoms. The van der Waals surface area contributed by atoms with Gasteiger partial charge in [0.2, 0.25) is 0 Å². The number of nitrogens with zero attached hydrogens (tertiary/aromatic N) is 2. The van der Waals surface area contributed by atoms with Crippen LogP contribution in [0.3, 0.4) is 0 Å². The van der Waals surface area contributed by atoms with Crippen LogP contribution in [0.15, 0.2) is 22.6 Å². The van der Waals surface area contributed by atoms with Crippen LogP contribution in [-0.2, 0) is 19.4 Å². The van der Waals surface area contributed by atoms with Crippen molar-refractivity contribution in [2.24, 2.45) is 0 Å². The zero-order valence-electron chi connectivity index (χ0n) is 11.6. The Morgan fingerprint density at radius 1 is 1.45 bits per heavy atom. The maximum Gasteiger partial charge on any atom is 0.272 e. The Balaban J connectivity index is 2.28. The summed E-state index contributed by atoms with van der Waals surface area (Å²) >= 11 is 3.29. The van der Waals surface area contributed by atoms with Gasteiger partial charge in [0.1, 0.15) is 4.70 Å². The van der Waals surface area contributed by atoms with E-state index in [1.807, 2.05) is 0 Å². The predicted octanol–water partition coefficient (Wildman–Crippen LogP) is 3.63. The second-order valence-corrected chi connectivity index (χ2v) is 7.26. The van der Waals surface area contributed by atoms with Crippen LogP contribution >= 0.6 is 23.1 Å². The topological polar surface area (TPSA) is 34.9 Å². The third-order valence-corrected chi connectivity index (χ3v) is 5.73. The highest BCUT2D eigenvalue weighted by Gasteiger charge is 2.21. The molecule has 20 heavy (non-hydrogen) atoms. The molecule has 2 aromatic rings. The molecule has 0 N–H and O–H groups in total. The van der Waals surface area contributed by atoms with Crippen LogP contribution in [0.5, 0.6) is 0 Å². The highest BCUT2D eigenvalue weighted by Crippen LogP contribution is 2.34. The van der Waals surface area contributed by atoms with Crippen LogP contribution in [0, 0.1) is 0 Å². The van der Waals surface area contributed by atoms with E-state index in [4.69, 9.17) is 4.98 Å². The lowest BCUT2D eigenvalue weighted by molar-refractivity contribution is 0.668. The fourth-order valence-corrected chi connectivity index (χ4v) is 4.71. The average molecular weight is 306 g/mol. The Labute approximate surface area is 126 Å². The SMILES string of the molecule is C=CCn1c(SCC)nc2c3c(sc2c1=O)CCCC3. The number of rotatable bonds is 4. The minimum Gasteiger partial charge on any atom is -0.283 e. The summed E-state index contributed by atoms with van der Waals surface area (Å²) in [6.45, 7) is 6.37. The van der Waals surface area contributed by atoms with Crippen molar-refractivity contribution in [2.45, 2.75) is 44.3 Å². The summed E-state index contributed by atoms with van der Waals surface area (Å²) in [5.74, 6) is 0.918. The highest BCUT2D eigenvalue weighted by molar-refractivity contribution is 7.99.